The Bertz CT molecular complexity index is 651. The van der Waals surface area contributed by atoms with Crippen molar-refractivity contribution in [2.45, 2.75) is 58.9 Å². The summed E-state index contributed by atoms with van der Waals surface area (Å²) in [6.07, 6.45) is 4.86. The third kappa shape index (κ3) is 2.69. The van der Waals surface area contributed by atoms with Crippen LogP contribution in [0.4, 0.5) is 5.82 Å². The molecule has 1 aliphatic rings. The number of nitrogens with zero attached hydrogens (tertiary/aromatic N) is 2. The van der Waals surface area contributed by atoms with Crippen LogP contribution in [0.15, 0.2) is 18.2 Å². The van der Waals surface area contributed by atoms with E-state index >= 15 is 0 Å². The number of imidazole rings is 1. The molecule has 1 saturated carbocycles. The van der Waals surface area contributed by atoms with Crippen LogP contribution in [0.5, 0.6) is 0 Å². The molecule has 1 heterocycles. The molecule has 21 heavy (non-hydrogen) atoms. The predicted octanol–water partition coefficient (Wildman–Crippen LogP) is 4.43. The smallest absolute Gasteiger partial charge is 0.131 e. The van der Waals surface area contributed by atoms with E-state index in [0.29, 0.717) is 5.92 Å². The Morgan fingerprint density at radius 1 is 1.29 bits per heavy atom. The highest BCUT2D eigenvalue weighted by Crippen LogP contribution is 2.42. The summed E-state index contributed by atoms with van der Waals surface area (Å²) < 4.78 is 2.26. The molecule has 3 rings (SSSR count). The van der Waals surface area contributed by atoms with Gasteiger partial charge in [-0.15, -0.1) is 0 Å². The van der Waals surface area contributed by atoms with Crippen molar-refractivity contribution in [3.8, 4) is 11.3 Å². The highest BCUT2D eigenvalue weighted by molar-refractivity contribution is 5.74. The van der Waals surface area contributed by atoms with E-state index in [2.05, 4.69) is 43.5 Å². The van der Waals surface area contributed by atoms with Crippen LogP contribution in [0.3, 0.4) is 0 Å². The standard InChI is InChI=1S/C18H25N3/c1-4-5-10-21-17(19)16(20-18(21)14-8-9-14)15-11-12(2)6-7-13(15)3/h6-7,11,14H,4-5,8-10,19H2,1-3H3. The van der Waals surface area contributed by atoms with Crippen LogP contribution in [-0.2, 0) is 6.54 Å². The third-order valence-electron chi connectivity index (χ3n) is 4.36. The Morgan fingerprint density at radius 3 is 2.71 bits per heavy atom. The fraction of sp³-hybridized carbons (Fsp3) is 0.500. The number of benzene rings is 1. The quantitative estimate of drug-likeness (QED) is 0.882. The predicted molar refractivity (Wildman–Crippen MR) is 88.4 cm³/mol. The molecule has 1 aromatic carbocycles. The number of unbranched alkanes of at least 4 members (excludes halogenated alkanes) is 1. The lowest BCUT2D eigenvalue weighted by atomic mass is 10.0. The molecule has 0 bridgehead atoms. The summed E-state index contributed by atoms with van der Waals surface area (Å²) >= 11 is 0. The molecule has 3 heteroatoms. The minimum absolute atomic E-state index is 0.628. The minimum atomic E-state index is 0.628. The number of anilines is 1. The molecule has 3 nitrogen and oxygen atoms in total. The highest BCUT2D eigenvalue weighted by Gasteiger charge is 2.31. The summed E-state index contributed by atoms with van der Waals surface area (Å²) in [7, 11) is 0. The molecule has 1 aromatic heterocycles. The fourth-order valence-corrected chi connectivity index (χ4v) is 2.88. The fourth-order valence-electron chi connectivity index (χ4n) is 2.88. The maximum absolute atomic E-state index is 6.46. The van der Waals surface area contributed by atoms with Gasteiger partial charge in [0.05, 0.1) is 0 Å². The molecule has 2 aromatic rings. The van der Waals surface area contributed by atoms with Gasteiger partial charge in [-0.2, -0.15) is 0 Å². The van der Waals surface area contributed by atoms with Crippen LogP contribution in [-0.4, -0.2) is 9.55 Å². The lowest BCUT2D eigenvalue weighted by Crippen LogP contribution is -2.06. The van der Waals surface area contributed by atoms with Gasteiger partial charge in [0.2, 0.25) is 0 Å². The van der Waals surface area contributed by atoms with Crippen molar-refractivity contribution < 1.29 is 0 Å². The van der Waals surface area contributed by atoms with Gasteiger partial charge >= 0.3 is 0 Å². The average Bonchev–Trinajstić information content (AvgIpc) is 3.25. The molecule has 1 fully saturated rings. The van der Waals surface area contributed by atoms with Crippen molar-refractivity contribution in [1.82, 2.24) is 9.55 Å². The van der Waals surface area contributed by atoms with Crippen LogP contribution in [0, 0.1) is 13.8 Å². The van der Waals surface area contributed by atoms with Crippen molar-refractivity contribution in [3.05, 3.63) is 35.2 Å². The summed E-state index contributed by atoms with van der Waals surface area (Å²) in [5.41, 5.74) is 11.1. The van der Waals surface area contributed by atoms with Crippen LogP contribution in [0.1, 0.15) is 55.5 Å². The number of nitrogens with two attached hydrogens (primary N) is 1. The van der Waals surface area contributed by atoms with Crippen molar-refractivity contribution in [1.29, 1.82) is 0 Å². The van der Waals surface area contributed by atoms with Gasteiger partial charge in [-0.1, -0.05) is 31.0 Å². The molecular weight excluding hydrogens is 258 g/mol. The van der Waals surface area contributed by atoms with E-state index in [-0.39, 0.29) is 0 Å². The summed E-state index contributed by atoms with van der Waals surface area (Å²) in [5.74, 6) is 2.68. The van der Waals surface area contributed by atoms with Gasteiger partial charge < -0.3 is 10.3 Å². The Labute approximate surface area is 127 Å². The second kappa shape index (κ2) is 5.55. The normalized spacial score (nSPS) is 14.6. The Hall–Kier alpha value is -1.77. The van der Waals surface area contributed by atoms with Gasteiger partial charge in [0.15, 0.2) is 0 Å². The maximum Gasteiger partial charge on any atom is 0.131 e. The summed E-state index contributed by atoms with van der Waals surface area (Å²) in [4.78, 5) is 4.93. The zero-order valence-corrected chi connectivity index (χ0v) is 13.3. The van der Waals surface area contributed by atoms with E-state index in [1.807, 2.05) is 0 Å². The van der Waals surface area contributed by atoms with Crippen molar-refractivity contribution in [2.24, 2.45) is 0 Å². The van der Waals surface area contributed by atoms with Crippen LogP contribution >= 0.6 is 0 Å². The lowest BCUT2D eigenvalue weighted by Gasteiger charge is -2.09. The first-order chi connectivity index (χ1) is 10.1. The van der Waals surface area contributed by atoms with Crippen LogP contribution in [0.25, 0.3) is 11.3 Å². The van der Waals surface area contributed by atoms with Gasteiger partial charge in [-0.3, -0.25) is 0 Å². The summed E-state index contributed by atoms with van der Waals surface area (Å²) in [6.45, 7) is 7.46. The monoisotopic (exact) mass is 283 g/mol. The molecule has 0 unspecified atom stereocenters. The molecule has 0 amide bonds. The maximum atomic E-state index is 6.46. The van der Waals surface area contributed by atoms with Gasteiger partial charge in [-0.05, 0) is 44.7 Å². The molecule has 2 N–H and O–H groups in total. The minimum Gasteiger partial charge on any atom is -0.383 e. The number of nitrogen functional groups attached to an aromatic ring is 1. The molecule has 0 radical (unpaired) electrons. The van der Waals surface area contributed by atoms with Gasteiger partial charge in [0.1, 0.15) is 17.3 Å². The van der Waals surface area contributed by atoms with Gasteiger partial charge in [0.25, 0.3) is 0 Å². The van der Waals surface area contributed by atoms with E-state index < -0.39 is 0 Å². The number of rotatable bonds is 5. The summed E-state index contributed by atoms with van der Waals surface area (Å²) in [6, 6.07) is 6.51. The molecule has 0 aliphatic heterocycles. The van der Waals surface area contributed by atoms with Crippen molar-refractivity contribution in [3.63, 3.8) is 0 Å². The van der Waals surface area contributed by atoms with Crippen LogP contribution in [0.2, 0.25) is 0 Å². The lowest BCUT2D eigenvalue weighted by molar-refractivity contribution is 0.609. The van der Waals surface area contributed by atoms with Crippen molar-refractivity contribution in [2.75, 3.05) is 5.73 Å². The third-order valence-corrected chi connectivity index (χ3v) is 4.36. The van der Waals surface area contributed by atoms with Crippen molar-refractivity contribution >= 4 is 5.82 Å². The largest absolute Gasteiger partial charge is 0.383 e. The second-order valence-corrected chi connectivity index (χ2v) is 6.30. The molecule has 0 saturated heterocycles. The van der Waals surface area contributed by atoms with E-state index in [1.165, 1.54) is 41.8 Å². The Balaban J connectivity index is 2.08. The number of hydrogen-bond acceptors (Lipinski definition) is 2. The van der Waals surface area contributed by atoms with E-state index in [1.54, 1.807) is 0 Å². The molecular formula is C18H25N3. The molecule has 0 spiro atoms. The first kappa shape index (κ1) is 14.2. The average molecular weight is 283 g/mol. The number of aromatic nitrogens is 2. The highest BCUT2D eigenvalue weighted by atomic mass is 15.1. The second-order valence-electron chi connectivity index (χ2n) is 6.30. The molecule has 1 aliphatic carbocycles. The van der Waals surface area contributed by atoms with Crippen LogP contribution < -0.4 is 5.73 Å². The molecule has 112 valence electrons. The first-order valence-electron chi connectivity index (χ1n) is 8.05. The zero-order valence-electron chi connectivity index (χ0n) is 13.3. The number of aryl methyl sites for hydroxylation is 2. The summed E-state index contributed by atoms with van der Waals surface area (Å²) in [5, 5.41) is 0. The molecule has 0 atom stereocenters. The van der Waals surface area contributed by atoms with E-state index in [0.717, 1.165) is 24.5 Å². The van der Waals surface area contributed by atoms with Gasteiger partial charge in [0, 0.05) is 18.0 Å². The topological polar surface area (TPSA) is 43.8 Å². The van der Waals surface area contributed by atoms with E-state index in [4.69, 9.17) is 10.7 Å². The Kier molecular flexibility index (Phi) is 3.75. The van der Waals surface area contributed by atoms with E-state index in [9.17, 15) is 0 Å². The zero-order chi connectivity index (χ0) is 15.0. The Morgan fingerprint density at radius 2 is 2.05 bits per heavy atom. The first-order valence-corrected chi connectivity index (χ1v) is 8.05. The number of hydrogen-bond donors (Lipinski definition) is 1. The van der Waals surface area contributed by atoms with Gasteiger partial charge in [-0.25, -0.2) is 4.98 Å². The SMILES string of the molecule is CCCCn1c(C2CC2)nc(-c2cc(C)ccc2C)c1N.